The van der Waals surface area contributed by atoms with Crippen LogP contribution in [0.25, 0.3) is 22.3 Å². The van der Waals surface area contributed by atoms with E-state index >= 15 is 0 Å². The zero-order chi connectivity index (χ0) is 24.4. The molecule has 0 spiro atoms. The Balaban J connectivity index is 1.30. The number of nitrogens with zero attached hydrogens (tertiary/aromatic N) is 5. The van der Waals surface area contributed by atoms with Crippen LogP contribution in [0.4, 0.5) is 11.8 Å². The van der Waals surface area contributed by atoms with Gasteiger partial charge in [0.25, 0.3) is 0 Å². The molecule has 3 N–H and O–H groups in total. The smallest absolute Gasteiger partial charge is 0.222 e. The second kappa shape index (κ2) is 10.2. The predicted molar refractivity (Wildman–Crippen MR) is 139 cm³/mol. The van der Waals surface area contributed by atoms with Gasteiger partial charge in [-0.3, -0.25) is 4.90 Å². The highest BCUT2D eigenvalue weighted by Gasteiger charge is 2.25. The molecule has 35 heavy (non-hydrogen) atoms. The third kappa shape index (κ3) is 5.41. The molecule has 1 atom stereocenters. The van der Waals surface area contributed by atoms with Gasteiger partial charge in [0, 0.05) is 41.8 Å². The number of hydrogen-bond donors (Lipinski definition) is 2. The maximum absolute atomic E-state index is 10.6. The van der Waals surface area contributed by atoms with Crippen molar-refractivity contribution < 1.29 is 9.84 Å². The van der Waals surface area contributed by atoms with Crippen LogP contribution in [0.15, 0.2) is 60.7 Å². The number of fused-ring (bicyclic) bond motifs is 1. The van der Waals surface area contributed by atoms with Gasteiger partial charge in [-0.15, -0.1) is 0 Å². The number of anilines is 2. The van der Waals surface area contributed by atoms with Gasteiger partial charge in [-0.25, -0.2) is 9.97 Å². The molecule has 0 aliphatic carbocycles. The fraction of sp³-hybridized carbons (Fsp3) is 0.240. The molecule has 0 saturated carbocycles. The van der Waals surface area contributed by atoms with Gasteiger partial charge in [0.2, 0.25) is 5.95 Å². The van der Waals surface area contributed by atoms with Gasteiger partial charge in [0.05, 0.1) is 11.2 Å². The van der Waals surface area contributed by atoms with Gasteiger partial charge in [-0.1, -0.05) is 35.3 Å². The summed E-state index contributed by atoms with van der Waals surface area (Å²) in [5, 5.41) is 11.9. The SMILES string of the molecule is Nc1nc(N2CCN(C(O)COc3ccc(Cl)cc3)CC2)c2nc(-c3cccc(Cl)c3)ccc2n1. The molecule has 1 aliphatic rings. The number of rotatable bonds is 6. The monoisotopic (exact) mass is 510 g/mol. The van der Waals surface area contributed by atoms with Gasteiger partial charge >= 0.3 is 0 Å². The fourth-order valence-electron chi connectivity index (χ4n) is 4.08. The second-order valence-corrected chi connectivity index (χ2v) is 9.12. The lowest BCUT2D eigenvalue weighted by Crippen LogP contribution is -2.52. The molecular formula is C25H24Cl2N6O2. The largest absolute Gasteiger partial charge is 0.489 e. The molecule has 0 amide bonds. The van der Waals surface area contributed by atoms with Gasteiger partial charge in [0.1, 0.15) is 24.1 Å². The van der Waals surface area contributed by atoms with Crippen LogP contribution in [0.2, 0.25) is 10.0 Å². The van der Waals surface area contributed by atoms with Gasteiger partial charge in [0.15, 0.2) is 5.82 Å². The Hall–Kier alpha value is -3.17. The average Bonchev–Trinajstić information content (AvgIpc) is 2.87. The lowest BCUT2D eigenvalue weighted by atomic mass is 10.1. The Morgan fingerprint density at radius 3 is 2.43 bits per heavy atom. The minimum Gasteiger partial charge on any atom is -0.489 e. The van der Waals surface area contributed by atoms with Crippen molar-refractivity contribution in [2.45, 2.75) is 6.23 Å². The Morgan fingerprint density at radius 2 is 1.69 bits per heavy atom. The van der Waals surface area contributed by atoms with E-state index in [9.17, 15) is 5.11 Å². The molecule has 0 bridgehead atoms. The van der Waals surface area contributed by atoms with Crippen LogP contribution in [-0.2, 0) is 0 Å². The number of nitrogens with two attached hydrogens (primary N) is 1. The first kappa shape index (κ1) is 23.6. The van der Waals surface area contributed by atoms with E-state index in [0.717, 1.165) is 11.3 Å². The summed E-state index contributed by atoms with van der Waals surface area (Å²) < 4.78 is 5.70. The summed E-state index contributed by atoms with van der Waals surface area (Å²) in [6.45, 7) is 2.71. The van der Waals surface area contributed by atoms with E-state index in [1.54, 1.807) is 24.3 Å². The Morgan fingerprint density at radius 1 is 0.914 bits per heavy atom. The number of aliphatic hydroxyl groups is 1. The normalized spacial score (nSPS) is 15.3. The number of benzene rings is 2. The summed E-state index contributed by atoms with van der Waals surface area (Å²) in [4.78, 5) is 17.8. The zero-order valence-corrected chi connectivity index (χ0v) is 20.3. The molecule has 1 unspecified atom stereocenters. The molecule has 0 radical (unpaired) electrons. The van der Waals surface area contributed by atoms with Crippen LogP contribution in [0.3, 0.4) is 0 Å². The van der Waals surface area contributed by atoms with Crippen LogP contribution < -0.4 is 15.4 Å². The first-order valence-corrected chi connectivity index (χ1v) is 12.0. The van der Waals surface area contributed by atoms with E-state index in [4.69, 9.17) is 38.7 Å². The molecule has 4 aromatic rings. The van der Waals surface area contributed by atoms with Crippen LogP contribution in [0.1, 0.15) is 0 Å². The van der Waals surface area contributed by atoms with E-state index in [0.29, 0.717) is 58.8 Å². The molecule has 3 heterocycles. The maximum Gasteiger partial charge on any atom is 0.222 e. The van der Waals surface area contributed by atoms with Crippen molar-refractivity contribution in [1.82, 2.24) is 19.9 Å². The van der Waals surface area contributed by atoms with Crippen molar-refractivity contribution in [3.8, 4) is 17.0 Å². The molecule has 10 heteroatoms. The predicted octanol–water partition coefficient (Wildman–Crippen LogP) is 4.10. The van der Waals surface area contributed by atoms with E-state index in [1.807, 2.05) is 41.3 Å². The van der Waals surface area contributed by atoms with Crippen LogP contribution in [0.5, 0.6) is 5.75 Å². The topological polar surface area (TPSA) is 101 Å². The molecule has 2 aromatic heterocycles. The van der Waals surface area contributed by atoms with Crippen molar-refractivity contribution in [2.75, 3.05) is 43.4 Å². The van der Waals surface area contributed by atoms with Crippen molar-refractivity contribution in [2.24, 2.45) is 0 Å². The lowest BCUT2D eigenvalue weighted by molar-refractivity contribution is -0.0301. The highest BCUT2D eigenvalue weighted by molar-refractivity contribution is 6.31. The summed E-state index contributed by atoms with van der Waals surface area (Å²) in [7, 11) is 0. The Bertz CT molecular complexity index is 1330. The van der Waals surface area contributed by atoms with Gasteiger partial charge in [-0.2, -0.15) is 4.98 Å². The first-order chi connectivity index (χ1) is 17.0. The minimum absolute atomic E-state index is 0.162. The van der Waals surface area contributed by atoms with Crippen molar-refractivity contribution in [1.29, 1.82) is 0 Å². The zero-order valence-electron chi connectivity index (χ0n) is 18.8. The van der Waals surface area contributed by atoms with Crippen molar-refractivity contribution in [3.05, 3.63) is 70.7 Å². The highest BCUT2D eigenvalue weighted by Crippen LogP contribution is 2.28. The molecule has 2 aromatic carbocycles. The van der Waals surface area contributed by atoms with Crippen LogP contribution in [-0.4, -0.2) is 64.0 Å². The van der Waals surface area contributed by atoms with Crippen molar-refractivity contribution >= 4 is 46.0 Å². The lowest BCUT2D eigenvalue weighted by Gasteiger charge is -2.37. The minimum atomic E-state index is -0.729. The third-order valence-corrected chi connectivity index (χ3v) is 6.40. The van der Waals surface area contributed by atoms with Crippen LogP contribution in [0, 0.1) is 0 Å². The molecule has 1 fully saturated rings. The summed E-state index contributed by atoms with van der Waals surface area (Å²) in [5.74, 6) is 1.54. The van der Waals surface area contributed by atoms with Gasteiger partial charge < -0.3 is 20.5 Å². The molecule has 1 aliphatic heterocycles. The molecular weight excluding hydrogens is 487 g/mol. The van der Waals surface area contributed by atoms with Gasteiger partial charge in [-0.05, 0) is 48.5 Å². The van der Waals surface area contributed by atoms with E-state index in [1.165, 1.54) is 0 Å². The number of aliphatic hydroxyl groups excluding tert-OH is 1. The van der Waals surface area contributed by atoms with Crippen LogP contribution >= 0.6 is 23.2 Å². The van der Waals surface area contributed by atoms with E-state index < -0.39 is 6.23 Å². The summed E-state index contributed by atoms with van der Waals surface area (Å²) in [5.41, 5.74) is 9.06. The van der Waals surface area contributed by atoms with E-state index in [2.05, 4.69) is 14.9 Å². The number of piperazine rings is 1. The summed E-state index contributed by atoms with van der Waals surface area (Å²) in [6.07, 6.45) is -0.729. The maximum atomic E-state index is 10.6. The number of ether oxygens (including phenoxy) is 1. The highest BCUT2D eigenvalue weighted by atomic mass is 35.5. The number of aromatic nitrogens is 3. The second-order valence-electron chi connectivity index (χ2n) is 8.25. The fourth-order valence-corrected chi connectivity index (χ4v) is 4.40. The number of nitrogen functional groups attached to an aromatic ring is 1. The Kier molecular flexibility index (Phi) is 6.88. The Labute approximate surface area is 212 Å². The molecule has 8 nitrogen and oxygen atoms in total. The number of pyridine rings is 1. The first-order valence-electron chi connectivity index (χ1n) is 11.2. The molecule has 180 valence electrons. The average molecular weight is 511 g/mol. The summed E-state index contributed by atoms with van der Waals surface area (Å²) >= 11 is 12.1. The molecule has 5 rings (SSSR count). The number of halogens is 2. The molecule has 1 saturated heterocycles. The third-order valence-electron chi connectivity index (χ3n) is 5.91. The van der Waals surface area contributed by atoms with E-state index in [-0.39, 0.29) is 12.6 Å². The summed E-state index contributed by atoms with van der Waals surface area (Å²) in [6, 6.07) is 18.4. The van der Waals surface area contributed by atoms with Crippen molar-refractivity contribution in [3.63, 3.8) is 0 Å². The standard InChI is InChI=1S/C25H24Cl2N6O2/c26-17-4-6-19(7-5-17)35-15-22(34)32-10-12-33(13-11-32)24-23-21(30-25(28)31-24)9-8-20(29-23)16-2-1-3-18(27)14-16/h1-9,14,22,34H,10-13,15H2,(H2,28,30,31). The number of hydrogen-bond acceptors (Lipinski definition) is 8. The quantitative estimate of drug-likeness (QED) is 0.399.